The number of rotatable bonds is 5. The molecule has 1 fully saturated rings. The van der Waals surface area contributed by atoms with Gasteiger partial charge in [-0.25, -0.2) is 4.79 Å². The Balaban J connectivity index is 2.26. The van der Waals surface area contributed by atoms with Gasteiger partial charge >= 0.3 is 18.1 Å². The Bertz CT molecular complexity index is 769. The fourth-order valence-corrected chi connectivity index (χ4v) is 3.68. The molecule has 0 heterocycles. The maximum absolute atomic E-state index is 12.8. The summed E-state index contributed by atoms with van der Waals surface area (Å²) >= 11 is 11.8. The molecular formula is C19H19Cl2F3O4. The molecule has 1 saturated carbocycles. The summed E-state index contributed by atoms with van der Waals surface area (Å²) in [5.74, 6) is -1.57. The van der Waals surface area contributed by atoms with Crippen LogP contribution in [-0.4, -0.2) is 24.1 Å². The van der Waals surface area contributed by atoms with Crippen molar-refractivity contribution in [2.24, 2.45) is 0 Å². The topological polar surface area (TPSA) is 52.6 Å². The molecule has 0 radical (unpaired) electrons. The molecule has 0 aromatic heterocycles. The molecule has 0 bridgehead atoms. The van der Waals surface area contributed by atoms with Crippen LogP contribution in [-0.2, 0) is 31.7 Å². The number of benzene rings is 1. The average molecular weight is 439 g/mol. The van der Waals surface area contributed by atoms with Crippen LogP contribution < -0.4 is 0 Å². The Morgan fingerprint density at radius 3 is 2.32 bits per heavy atom. The molecule has 1 atom stereocenters. The summed E-state index contributed by atoms with van der Waals surface area (Å²) in [6, 6.07) is 1.38. The number of carbonyl (C=O) groups excluding carboxylic acids is 2. The van der Waals surface area contributed by atoms with Gasteiger partial charge in [-0.15, -0.1) is 0 Å². The van der Waals surface area contributed by atoms with Gasteiger partial charge in [0.2, 0.25) is 5.60 Å². The number of hydrogen-bond donors (Lipinski definition) is 0. The lowest BCUT2D eigenvalue weighted by molar-refractivity contribution is -0.179. The van der Waals surface area contributed by atoms with Crippen LogP contribution in [0, 0.1) is 0 Å². The van der Waals surface area contributed by atoms with Gasteiger partial charge in [0, 0.05) is 22.0 Å². The number of halogens is 5. The number of carbonyl (C=O) groups is 2. The van der Waals surface area contributed by atoms with E-state index in [1.807, 2.05) is 0 Å². The standard InChI is InChI=1S/C19H19Cl2F3O4/c1-3-27-17(26)18(7-5-4-6-11(18)2)28-16(25)10-13-14(20)8-12(9-15(13)21)19(22,23)24/h8-9H,2-7,10H2,1H3. The van der Waals surface area contributed by atoms with Crippen molar-refractivity contribution in [3.05, 3.63) is 45.5 Å². The van der Waals surface area contributed by atoms with Gasteiger partial charge in [0.1, 0.15) is 0 Å². The third kappa shape index (κ3) is 4.81. The van der Waals surface area contributed by atoms with Crippen LogP contribution in [0.4, 0.5) is 13.2 Å². The second-order valence-electron chi connectivity index (χ2n) is 6.43. The summed E-state index contributed by atoms with van der Waals surface area (Å²) in [7, 11) is 0. The summed E-state index contributed by atoms with van der Waals surface area (Å²) in [4.78, 5) is 25.0. The minimum atomic E-state index is -4.62. The van der Waals surface area contributed by atoms with Gasteiger partial charge in [0.25, 0.3) is 0 Å². The molecular weight excluding hydrogens is 420 g/mol. The van der Waals surface area contributed by atoms with Crippen LogP contribution in [0.2, 0.25) is 10.0 Å². The quantitative estimate of drug-likeness (QED) is 0.447. The SMILES string of the molecule is C=C1CCCCC1(OC(=O)Cc1c(Cl)cc(C(F)(F)F)cc1Cl)C(=O)OCC. The van der Waals surface area contributed by atoms with Gasteiger partial charge in [0.15, 0.2) is 0 Å². The van der Waals surface area contributed by atoms with Crippen LogP contribution in [0.3, 0.4) is 0 Å². The lowest BCUT2D eigenvalue weighted by Crippen LogP contribution is -2.48. The van der Waals surface area contributed by atoms with Crippen molar-refractivity contribution < 1.29 is 32.2 Å². The van der Waals surface area contributed by atoms with Crippen LogP contribution in [0.1, 0.15) is 43.7 Å². The van der Waals surface area contributed by atoms with E-state index >= 15 is 0 Å². The fraction of sp³-hybridized carbons (Fsp3) is 0.474. The molecule has 154 valence electrons. The molecule has 9 heteroatoms. The highest BCUT2D eigenvalue weighted by molar-refractivity contribution is 6.36. The lowest BCUT2D eigenvalue weighted by Gasteiger charge is -2.36. The average Bonchev–Trinajstić information content (AvgIpc) is 2.59. The molecule has 0 spiro atoms. The first-order valence-electron chi connectivity index (χ1n) is 8.63. The largest absolute Gasteiger partial charge is 0.463 e. The predicted octanol–water partition coefficient (Wildman–Crippen LogP) is 5.53. The minimum Gasteiger partial charge on any atom is -0.463 e. The van der Waals surface area contributed by atoms with Gasteiger partial charge in [-0.05, 0) is 43.9 Å². The molecule has 2 rings (SSSR count). The van der Waals surface area contributed by atoms with Gasteiger partial charge in [-0.1, -0.05) is 29.8 Å². The third-order valence-corrected chi connectivity index (χ3v) is 5.19. The molecule has 1 unspecified atom stereocenters. The predicted molar refractivity (Wildman–Crippen MR) is 98.2 cm³/mol. The molecule has 4 nitrogen and oxygen atoms in total. The Labute approximate surface area is 170 Å². The van der Waals surface area contributed by atoms with Crippen LogP contribution in [0.5, 0.6) is 0 Å². The monoisotopic (exact) mass is 438 g/mol. The highest BCUT2D eigenvalue weighted by Crippen LogP contribution is 2.39. The Hall–Kier alpha value is -1.73. The van der Waals surface area contributed by atoms with Gasteiger partial charge in [0.05, 0.1) is 18.6 Å². The Kier molecular flexibility index (Phi) is 7.04. The first-order valence-corrected chi connectivity index (χ1v) is 9.39. The van der Waals surface area contributed by atoms with Crippen molar-refractivity contribution >= 4 is 35.1 Å². The number of ether oxygens (including phenoxy) is 2. The second kappa shape index (κ2) is 8.74. The molecule has 1 aromatic carbocycles. The number of hydrogen-bond acceptors (Lipinski definition) is 4. The summed E-state index contributed by atoms with van der Waals surface area (Å²) in [5.41, 5.74) is -2.21. The minimum absolute atomic E-state index is 0.0123. The normalized spacial score (nSPS) is 20.0. The van der Waals surface area contributed by atoms with E-state index in [4.69, 9.17) is 32.7 Å². The van der Waals surface area contributed by atoms with E-state index in [9.17, 15) is 22.8 Å². The van der Waals surface area contributed by atoms with E-state index in [2.05, 4.69) is 6.58 Å². The maximum Gasteiger partial charge on any atom is 0.416 e. The highest BCUT2D eigenvalue weighted by atomic mass is 35.5. The fourth-order valence-electron chi connectivity index (χ4n) is 3.06. The molecule has 1 aliphatic carbocycles. The van der Waals surface area contributed by atoms with E-state index in [0.717, 1.165) is 6.42 Å². The van der Waals surface area contributed by atoms with E-state index < -0.39 is 35.7 Å². The number of esters is 2. The maximum atomic E-state index is 12.8. The van der Waals surface area contributed by atoms with E-state index in [1.54, 1.807) is 6.92 Å². The lowest BCUT2D eigenvalue weighted by atomic mass is 9.80. The van der Waals surface area contributed by atoms with Crippen molar-refractivity contribution in [2.75, 3.05) is 6.61 Å². The van der Waals surface area contributed by atoms with Crippen molar-refractivity contribution in [2.45, 2.75) is 50.8 Å². The first-order chi connectivity index (χ1) is 13.0. The van der Waals surface area contributed by atoms with Gasteiger partial charge in [-0.3, -0.25) is 4.79 Å². The van der Waals surface area contributed by atoms with Crippen molar-refractivity contribution in [3.8, 4) is 0 Å². The van der Waals surface area contributed by atoms with Crippen molar-refractivity contribution in [1.82, 2.24) is 0 Å². The summed E-state index contributed by atoms with van der Waals surface area (Å²) < 4.78 is 49.0. The molecule has 0 amide bonds. The van der Waals surface area contributed by atoms with E-state index in [1.165, 1.54) is 0 Å². The Morgan fingerprint density at radius 2 is 1.82 bits per heavy atom. The van der Waals surface area contributed by atoms with Gasteiger partial charge < -0.3 is 9.47 Å². The van der Waals surface area contributed by atoms with Gasteiger partial charge in [-0.2, -0.15) is 13.2 Å². The highest BCUT2D eigenvalue weighted by Gasteiger charge is 2.47. The van der Waals surface area contributed by atoms with Crippen molar-refractivity contribution in [1.29, 1.82) is 0 Å². The molecule has 0 saturated heterocycles. The molecule has 1 aromatic rings. The zero-order valence-corrected chi connectivity index (χ0v) is 16.6. The molecule has 1 aliphatic rings. The van der Waals surface area contributed by atoms with E-state index in [-0.39, 0.29) is 28.6 Å². The summed E-state index contributed by atoms with van der Waals surface area (Å²) in [5, 5.41) is -0.631. The smallest absolute Gasteiger partial charge is 0.416 e. The molecule has 0 aliphatic heterocycles. The summed E-state index contributed by atoms with van der Waals surface area (Å²) in [6.45, 7) is 5.57. The molecule has 0 N–H and O–H groups in total. The number of alkyl halides is 3. The van der Waals surface area contributed by atoms with Crippen LogP contribution in [0.15, 0.2) is 24.3 Å². The van der Waals surface area contributed by atoms with Crippen molar-refractivity contribution in [3.63, 3.8) is 0 Å². The first kappa shape index (κ1) is 22.6. The Morgan fingerprint density at radius 1 is 1.21 bits per heavy atom. The summed E-state index contributed by atoms with van der Waals surface area (Å²) in [6.07, 6.45) is -2.97. The third-order valence-electron chi connectivity index (χ3n) is 4.51. The van der Waals surface area contributed by atoms with Crippen LogP contribution in [0.25, 0.3) is 0 Å². The molecule has 28 heavy (non-hydrogen) atoms. The zero-order valence-electron chi connectivity index (χ0n) is 15.1. The van der Waals surface area contributed by atoms with Crippen LogP contribution >= 0.6 is 23.2 Å². The zero-order chi connectivity index (χ0) is 21.1. The second-order valence-corrected chi connectivity index (χ2v) is 7.24. The van der Waals surface area contributed by atoms with E-state index in [0.29, 0.717) is 30.5 Å².